The van der Waals surface area contributed by atoms with E-state index in [2.05, 4.69) is 16.3 Å². The highest BCUT2D eigenvalue weighted by Crippen LogP contribution is 2.22. The maximum absolute atomic E-state index is 13.2. The van der Waals surface area contributed by atoms with Crippen LogP contribution >= 0.6 is 11.8 Å². The van der Waals surface area contributed by atoms with Crippen molar-refractivity contribution in [2.45, 2.75) is 13.1 Å². The van der Waals surface area contributed by atoms with Crippen molar-refractivity contribution in [2.75, 3.05) is 29.9 Å². The Morgan fingerprint density at radius 2 is 1.44 bits per heavy atom. The minimum atomic E-state index is -0.106. The number of thioether (sulfide) groups is 1. The van der Waals surface area contributed by atoms with Gasteiger partial charge in [0.15, 0.2) is 5.43 Å². The van der Waals surface area contributed by atoms with Crippen LogP contribution < -0.4 is 10.7 Å². The van der Waals surface area contributed by atoms with E-state index in [1.807, 2.05) is 83.1 Å². The number of rotatable bonds is 5. The third-order valence-electron chi connectivity index (χ3n) is 5.97. The predicted octanol–water partition coefficient (Wildman–Crippen LogP) is 4.34. The molecule has 6 heteroatoms. The summed E-state index contributed by atoms with van der Waals surface area (Å²) < 4.78 is 1.94. The maximum Gasteiger partial charge on any atom is 0.244 e. The second-order valence-corrected chi connectivity index (χ2v) is 9.27. The van der Waals surface area contributed by atoms with Gasteiger partial charge in [0, 0.05) is 47.6 Å². The summed E-state index contributed by atoms with van der Waals surface area (Å²) in [6.07, 6.45) is 0. The molecule has 0 aliphatic carbocycles. The van der Waals surface area contributed by atoms with Crippen LogP contribution in [0.2, 0.25) is 0 Å². The number of carbonyl (C=O) groups is 1. The van der Waals surface area contributed by atoms with Gasteiger partial charge in [-0.1, -0.05) is 42.5 Å². The van der Waals surface area contributed by atoms with Crippen molar-refractivity contribution in [3.8, 4) is 0 Å². The molecule has 5 nitrogen and oxygen atoms in total. The zero-order chi connectivity index (χ0) is 21.9. The molecule has 0 atom stereocenters. The van der Waals surface area contributed by atoms with Crippen molar-refractivity contribution < 1.29 is 4.79 Å². The van der Waals surface area contributed by atoms with E-state index in [9.17, 15) is 9.59 Å². The van der Waals surface area contributed by atoms with E-state index in [4.69, 9.17) is 0 Å². The smallest absolute Gasteiger partial charge is 0.244 e. The Hall–Kier alpha value is -3.09. The van der Waals surface area contributed by atoms with Gasteiger partial charge in [0.1, 0.15) is 6.54 Å². The van der Waals surface area contributed by atoms with E-state index in [0.717, 1.165) is 53.4 Å². The molecule has 162 valence electrons. The number of aromatic nitrogens is 1. The second kappa shape index (κ2) is 9.18. The second-order valence-electron chi connectivity index (χ2n) is 8.04. The summed E-state index contributed by atoms with van der Waals surface area (Å²) in [5.41, 5.74) is 3.52. The largest absolute Gasteiger partial charge is 0.331 e. The van der Waals surface area contributed by atoms with Crippen molar-refractivity contribution in [1.82, 2.24) is 9.47 Å². The van der Waals surface area contributed by atoms with Crippen LogP contribution in [0.1, 0.15) is 5.56 Å². The lowest BCUT2D eigenvalue weighted by Crippen LogP contribution is -2.32. The predicted molar refractivity (Wildman–Crippen MR) is 133 cm³/mol. The lowest BCUT2D eigenvalue weighted by Gasteiger charge is -2.27. The number of amides is 1. The average molecular weight is 444 g/mol. The van der Waals surface area contributed by atoms with Crippen LogP contribution in [0.5, 0.6) is 0 Å². The molecule has 0 spiro atoms. The molecule has 0 bridgehead atoms. The number of nitrogens with one attached hydrogen (secondary N) is 1. The Kier molecular flexibility index (Phi) is 5.97. The Morgan fingerprint density at radius 1 is 0.844 bits per heavy atom. The van der Waals surface area contributed by atoms with E-state index in [-0.39, 0.29) is 17.9 Å². The Labute approximate surface area is 191 Å². The standard InChI is InChI=1S/C26H25N3O2S/c30-25(27-22-10-4-1-7-19(22)17-28-13-15-32-16-14-28)18-29-23-11-5-2-8-20(23)26(31)21-9-3-6-12-24(21)29/h1-12H,13-18H2,(H,27,30). The van der Waals surface area contributed by atoms with Crippen LogP contribution in [0.25, 0.3) is 21.8 Å². The van der Waals surface area contributed by atoms with E-state index in [1.54, 1.807) is 0 Å². The third kappa shape index (κ3) is 4.16. The zero-order valence-electron chi connectivity index (χ0n) is 17.8. The van der Waals surface area contributed by atoms with Crippen molar-refractivity contribution in [3.63, 3.8) is 0 Å². The van der Waals surface area contributed by atoms with Gasteiger partial charge in [0.2, 0.25) is 5.91 Å². The monoisotopic (exact) mass is 443 g/mol. The molecule has 0 radical (unpaired) electrons. The molecule has 0 unspecified atom stereocenters. The van der Waals surface area contributed by atoms with Crippen LogP contribution in [0.15, 0.2) is 77.6 Å². The summed E-state index contributed by atoms with van der Waals surface area (Å²) in [5, 5.41) is 4.38. The Balaban J connectivity index is 1.45. The first-order valence-electron chi connectivity index (χ1n) is 10.9. The van der Waals surface area contributed by atoms with Crippen molar-refractivity contribution in [3.05, 3.63) is 88.6 Å². The van der Waals surface area contributed by atoms with Gasteiger partial charge in [0.05, 0.1) is 11.0 Å². The number of hydrogen-bond acceptors (Lipinski definition) is 4. The third-order valence-corrected chi connectivity index (χ3v) is 6.91. The van der Waals surface area contributed by atoms with Crippen molar-refractivity contribution in [2.24, 2.45) is 0 Å². The molecule has 32 heavy (non-hydrogen) atoms. The first kappa shape index (κ1) is 20.8. The number of para-hydroxylation sites is 3. The van der Waals surface area contributed by atoms with E-state index < -0.39 is 0 Å². The number of nitrogens with zero attached hydrogens (tertiary/aromatic N) is 2. The summed E-state index contributed by atoms with van der Waals surface area (Å²) >= 11 is 1.99. The number of anilines is 1. The van der Waals surface area contributed by atoms with Gasteiger partial charge < -0.3 is 9.88 Å². The zero-order valence-corrected chi connectivity index (χ0v) is 18.6. The molecule has 1 aliphatic heterocycles. The fraction of sp³-hybridized carbons (Fsp3) is 0.231. The highest BCUT2D eigenvalue weighted by Gasteiger charge is 2.16. The van der Waals surface area contributed by atoms with E-state index in [1.165, 1.54) is 0 Å². The molecular formula is C26H25N3O2S. The highest BCUT2D eigenvalue weighted by atomic mass is 32.2. The Bertz CT molecular complexity index is 1280. The molecule has 1 N–H and O–H groups in total. The van der Waals surface area contributed by atoms with Gasteiger partial charge >= 0.3 is 0 Å². The topological polar surface area (TPSA) is 54.3 Å². The van der Waals surface area contributed by atoms with Crippen LogP contribution in [-0.4, -0.2) is 40.0 Å². The Morgan fingerprint density at radius 3 is 2.12 bits per heavy atom. The van der Waals surface area contributed by atoms with Crippen molar-refractivity contribution >= 4 is 45.2 Å². The minimum absolute atomic E-state index is 0.00195. The number of pyridine rings is 1. The minimum Gasteiger partial charge on any atom is -0.331 e. The van der Waals surface area contributed by atoms with Crippen LogP contribution in [0.4, 0.5) is 5.69 Å². The van der Waals surface area contributed by atoms with Gasteiger partial charge in [-0.3, -0.25) is 14.5 Å². The number of benzene rings is 3. The first-order valence-corrected chi connectivity index (χ1v) is 12.0. The summed E-state index contributed by atoms with van der Waals surface area (Å²) in [4.78, 5) is 28.5. The van der Waals surface area contributed by atoms with E-state index >= 15 is 0 Å². The van der Waals surface area contributed by atoms with Gasteiger partial charge in [0.25, 0.3) is 0 Å². The average Bonchev–Trinajstić information content (AvgIpc) is 2.84. The molecule has 1 aromatic heterocycles. The number of hydrogen-bond donors (Lipinski definition) is 1. The molecule has 1 fully saturated rings. The van der Waals surface area contributed by atoms with Crippen LogP contribution in [0.3, 0.4) is 0 Å². The van der Waals surface area contributed by atoms with Crippen LogP contribution in [0, 0.1) is 0 Å². The molecule has 1 amide bonds. The van der Waals surface area contributed by atoms with Gasteiger partial charge in [-0.15, -0.1) is 0 Å². The molecule has 2 heterocycles. The van der Waals surface area contributed by atoms with Gasteiger partial charge in [-0.2, -0.15) is 11.8 Å². The maximum atomic E-state index is 13.2. The lowest BCUT2D eigenvalue weighted by atomic mass is 10.1. The number of fused-ring (bicyclic) bond motifs is 2. The highest BCUT2D eigenvalue weighted by molar-refractivity contribution is 7.99. The number of carbonyl (C=O) groups excluding carboxylic acids is 1. The van der Waals surface area contributed by atoms with Crippen molar-refractivity contribution in [1.29, 1.82) is 0 Å². The quantitative estimate of drug-likeness (QED) is 0.466. The lowest BCUT2D eigenvalue weighted by molar-refractivity contribution is -0.116. The first-order chi connectivity index (χ1) is 15.7. The summed E-state index contributed by atoms with van der Waals surface area (Å²) in [5.74, 6) is 2.20. The fourth-order valence-corrected chi connectivity index (χ4v) is 5.34. The van der Waals surface area contributed by atoms with E-state index in [0.29, 0.717) is 10.8 Å². The molecular weight excluding hydrogens is 418 g/mol. The van der Waals surface area contributed by atoms with Gasteiger partial charge in [-0.25, -0.2) is 0 Å². The normalized spacial score (nSPS) is 14.6. The summed E-state index contributed by atoms with van der Waals surface area (Å²) in [6.45, 7) is 3.11. The molecule has 5 rings (SSSR count). The van der Waals surface area contributed by atoms with Gasteiger partial charge in [-0.05, 0) is 35.9 Å². The molecule has 1 saturated heterocycles. The molecule has 4 aromatic rings. The fourth-order valence-electron chi connectivity index (χ4n) is 4.36. The van der Waals surface area contributed by atoms with Crippen LogP contribution in [-0.2, 0) is 17.9 Å². The SMILES string of the molecule is O=C(Cn1c2ccccc2c(=O)c2ccccc21)Nc1ccccc1CN1CCSCC1. The summed E-state index contributed by atoms with van der Waals surface area (Å²) in [6, 6.07) is 23.0. The molecule has 1 aliphatic rings. The molecule has 3 aromatic carbocycles. The summed E-state index contributed by atoms with van der Waals surface area (Å²) in [7, 11) is 0. The molecule has 0 saturated carbocycles.